The van der Waals surface area contributed by atoms with E-state index in [4.69, 9.17) is 5.73 Å². The molecule has 2 rings (SSSR count). The second-order valence-corrected chi connectivity index (χ2v) is 6.63. The van der Waals surface area contributed by atoms with Crippen molar-refractivity contribution >= 4 is 0 Å². The molecule has 0 saturated heterocycles. The van der Waals surface area contributed by atoms with Crippen molar-refractivity contribution in [1.82, 2.24) is 4.90 Å². The molecule has 0 saturated carbocycles. The molecule has 0 radical (unpaired) electrons. The van der Waals surface area contributed by atoms with Crippen LogP contribution in [0, 0.1) is 5.41 Å². The SMILES string of the molecule is CCN(Cc1ccc2c(c1)CCC2)CC(C)(C)CN. The summed E-state index contributed by atoms with van der Waals surface area (Å²) in [5.41, 5.74) is 10.6. The molecule has 0 bridgehead atoms. The summed E-state index contributed by atoms with van der Waals surface area (Å²) in [5.74, 6) is 0. The van der Waals surface area contributed by atoms with E-state index < -0.39 is 0 Å². The Bertz CT molecular complexity index is 423. The molecule has 0 heterocycles. The minimum absolute atomic E-state index is 0.201. The first-order chi connectivity index (χ1) is 9.04. The van der Waals surface area contributed by atoms with Gasteiger partial charge in [-0.05, 0) is 54.5 Å². The zero-order valence-corrected chi connectivity index (χ0v) is 12.7. The minimum Gasteiger partial charge on any atom is -0.330 e. The van der Waals surface area contributed by atoms with Crippen molar-refractivity contribution in [2.75, 3.05) is 19.6 Å². The standard InChI is InChI=1S/C17H28N2/c1-4-19(13-17(2,3)12-18)11-14-8-9-15-6-5-7-16(15)10-14/h8-10H,4-7,11-13,18H2,1-3H3. The van der Waals surface area contributed by atoms with Gasteiger partial charge >= 0.3 is 0 Å². The summed E-state index contributed by atoms with van der Waals surface area (Å²) >= 11 is 0. The van der Waals surface area contributed by atoms with Gasteiger partial charge in [-0.3, -0.25) is 4.90 Å². The van der Waals surface area contributed by atoms with Crippen LogP contribution in [0.1, 0.15) is 43.9 Å². The fraction of sp³-hybridized carbons (Fsp3) is 0.647. The highest BCUT2D eigenvalue weighted by Crippen LogP contribution is 2.24. The number of nitrogens with two attached hydrogens (primary N) is 1. The zero-order chi connectivity index (χ0) is 13.9. The summed E-state index contributed by atoms with van der Waals surface area (Å²) in [6.07, 6.45) is 3.87. The first-order valence-electron chi connectivity index (χ1n) is 7.57. The van der Waals surface area contributed by atoms with Crippen LogP contribution in [0.3, 0.4) is 0 Å². The molecule has 0 aromatic heterocycles. The third-order valence-electron chi connectivity index (χ3n) is 4.22. The number of nitrogens with zero attached hydrogens (tertiary/aromatic N) is 1. The Hall–Kier alpha value is -0.860. The summed E-state index contributed by atoms with van der Waals surface area (Å²) in [6, 6.07) is 7.06. The predicted octanol–water partition coefficient (Wildman–Crippen LogP) is 2.98. The lowest BCUT2D eigenvalue weighted by molar-refractivity contribution is 0.183. The molecule has 2 nitrogen and oxygen atoms in total. The van der Waals surface area contributed by atoms with Gasteiger partial charge in [0.15, 0.2) is 0 Å². The highest BCUT2D eigenvalue weighted by atomic mass is 15.1. The third-order valence-corrected chi connectivity index (χ3v) is 4.22. The van der Waals surface area contributed by atoms with Gasteiger partial charge in [0.05, 0.1) is 0 Å². The Labute approximate surface area is 118 Å². The minimum atomic E-state index is 0.201. The Morgan fingerprint density at radius 1 is 1.21 bits per heavy atom. The number of fused-ring (bicyclic) bond motifs is 1. The largest absolute Gasteiger partial charge is 0.330 e. The molecule has 2 heteroatoms. The second kappa shape index (κ2) is 6.06. The van der Waals surface area contributed by atoms with E-state index >= 15 is 0 Å². The Kier molecular flexibility index (Phi) is 4.64. The molecule has 0 aliphatic heterocycles. The summed E-state index contributed by atoms with van der Waals surface area (Å²) in [4.78, 5) is 2.50. The summed E-state index contributed by atoms with van der Waals surface area (Å²) < 4.78 is 0. The van der Waals surface area contributed by atoms with E-state index in [0.717, 1.165) is 26.2 Å². The average molecular weight is 260 g/mol. The van der Waals surface area contributed by atoms with Crippen molar-refractivity contribution in [3.8, 4) is 0 Å². The molecule has 0 unspecified atom stereocenters. The van der Waals surface area contributed by atoms with Crippen molar-refractivity contribution in [2.45, 2.75) is 46.6 Å². The monoisotopic (exact) mass is 260 g/mol. The van der Waals surface area contributed by atoms with E-state index in [2.05, 4.69) is 43.9 Å². The molecule has 0 spiro atoms. The van der Waals surface area contributed by atoms with Crippen molar-refractivity contribution in [1.29, 1.82) is 0 Å². The third kappa shape index (κ3) is 3.80. The molecule has 1 aromatic carbocycles. The topological polar surface area (TPSA) is 29.3 Å². The van der Waals surface area contributed by atoms with Crippen LogP contribution in [-0.2, 0) is 19.4 Å². The van der Waals surface area contributed by atoms with Crippen LogP contribution in [0.25, 0.3) is 0 Å². The van der Waals surface area contributed by atoms with Crippen LogP contribution < -0.4 is 5.73 Å². The van der Waals surface area contributed by atoms with E-state index in [0.29, 0.717) is 0 Å². The van der Waals surface area contributed by atoms with Crippen LogP contribution in [0.4, 0.5) is 0 Å². The second-order valence-electron chi connectivity index (χ2n) is 6.63. The van der Waals surface area contributed by atoms with Crippen molar-refractivity contribution in [3.63, 3.8) is 0 Å². The molecule has 1 aliphatic carbocycles. The molecule has 2 N–H and O–H groups in total. The van der Waals surface area contributed by atoms with Crippen molar-refractivity contribution in [2.24, 2.45) is 11.1 Å². The summed E-state index contributed by atoms with van der Waals surface area (Å²) in [6.45, 7) is 10.7. The van der Waals surface area contributed by atoms with E-state index in [1.807, 2.05) is 0 Å². The van der Waals surface area contributed by atoms with E-state index in [9.17, 15) is 0 Å². The highest BCUT2D eigenvalue weighted by molar-refractivity contribution is 5.35. The molecular formula is C17H28N2. The lowest BCUT2D eigenvalue weighted by atomic mass is 9.93. The first kappa shape index (κ1) is 14.5. The maximum absolute atomic E-state index is 5.85. The highest BCUT2D eigenvalue weighted by Gasteiger charge is 2.20. The quantitative estimate of drug-likeness (QED) is 0.852. The van der Waals surface area contributed by atoms with Gasteiger partial charge in [-0.1, -0.05) is 39.0 Å². The zero-order valence-electron chi connectivity index (χ0n) is 12.7. The fourth-order valence-corrected chi connectivity index (χ4v) is 2.93. The average Bonchev–Trinajstić information content (AvgIpc) is 2.85. The van der Waals surface area contributed by atoms with Crippen molar-refractivity contribution in [3.05, 3.63) is 34.9 Å². The molecule has 0 fully saturated rings. The molecule has 0 amide bonds. The van der Waals surface area contributed by atoms with Crippen LogP contribution in [0.5, 0.6) is 0 Å². The van der Waals surface area contributed by atoms with Gasteiger partial charge in [-0.2, -0.15) is 0 Å². The van der Waals surface area contributed by atoms with Gasteiger partial charge in [-0.25, -0.2) is 0 Å². The van der Waals surface area contributed by atoms with Gasteiger partial charge in [-0.15, -0.1) is 0 Å². The molecule has 0 atom stereocenters. The van der Waals surface area contributed by atoms with Gasteiger partial charge in [0.25, 0.3) is 0 Å². The van der Waals surface area contributed by atoms with Gasteiger partial charge in [0.2, 0.25) is 0 Å². The normalized spacial score (nSPS) is 15.0. The van der Waals surface area contributed by atoms with Crippen LogP contribution >= 0.6 is 0 Å². The number of rotatable bonds is 6. The molecule has 106 valence electrons. The number of aryl methyl sites for hydroxylation is 2. The van der Waals surface area contributed by atoms with Crippen LogP contribution in [0.15, 0.2) is 18.2 Å². The van der Waals surface area contributed by atoms with Crippen molar-refractivity contribution < 1.29 is 0 Å². The fourth-order valence-electron chi connectivity index (χ4n) is 2.93. The lowest BCUT2D eigenvalue weighted by Crippen LogP contribution is -2.38. The smallest absolute Gasteiger partial charge is 0.0233 e. The van der Waals surface area contributed by atoms with Gasteiger partial charge < -0.3 is 5.73 Å². The Balaban J connectivity index is 2.02. The summed E-state index contributed by atoms with van der Waals surface area (Å²) in [5, 5.41) is 0. The maximum atomic E-state index is 5.85. The van der Waals surface area contributed by atoms with Gasteiger partial charge in [0, 0.05) is 13.1 Å². The molecule has 1 aliphatic rings. The van der Waals surface area contributed by atoms with Crippen LogP contribution in [-0.4, -0.2) is 24.5 Å². The first-order valence-corrected chi connectivity index (χ1v) is 7.57. The maximum Gasteiger partial charge on any atom is 0.0233 e. The lowest BCUT2D eigenvalue weighted by Gasteiger charge is -2.31. The molecule has 19 heavy (non-hydrogen) atoms. The Morgan fingerprint density at radius 2 is 1.95 bits per heavy atom. The Morgan fingerprint density at radius 3 is 2.63 bits per heavy atom. The number of hydrogen-bond donors (Lipinski definition) is 1. The molecular weight excluding hydrogens is 232 g/mol. The van der Waals surface area contributed by atoms with E-state index in [1.54, 1.807) is 11.1 Å². The van der Waals surface area contributed by atoms with Gasteiger partial charge in [0.1, 0.15) is 0 Å². The number of hydrogen-bond acceptors (Lipinski definition) is 2. The van der Waals surface area contributed by atoms with E-state index in [-0.39, 0.29) is 5.41 Å². The predicted molar refractivity (Wildman–Crippen MR) is 82.3 cm³/mol. The number of benzene rings is 1. The van der Waals surface area contributed by atoms with E-state index in [1.165, 1.54) is 24.8 Å². The van der Waals surface area contributed by atoms with Crippen LogP contribution in [0.2, 0.25) is 0 Å². The molecule has 1 aromatic rings. The summed E-state index contributed by atoms with van der Waals surface area (Å²) in [7, 11) is 0.